The van der Waals surface area contributed by atoms with Gasteiger partial charge in [0, 0.05) is 29.8 Å². The van der Waals surface area contributed by atoms with Crippen molar-refractivity contribution in [1.29, 1.82) is 0 Å². The van der Waals surface area contributed by atoms with Crippen molar-refractivity contribution in [3.63, 3.8) is 0 Å². The van der Waals surface area contributed by atoms with E-state index in [0.717, 1.165) is 40.2 Å². The summed E-state index contributed by atoms with van der Waals surface area (Å²) < 4.78 is 9.28. The maximum atomic E-state index is 14.0. The molecule has 0 spiro atoms. The Bertz CT molecular complexity index is 1590. The number of hydrogen-bond donors (Lipinski definition) is 0. The molecule has 3 aromatic heterocycles. The lowest BCUT2D eigenvalue weighted by Gasteiger charge is -2.25. The molecule has 5 aromatic rings. The molecular formula is C29H27N7O2. The molecule has 1 amide bonds. The number of anilines is 1. The van der Waals surface area contributed by atoms with Gasteiger partial charge in [-0.2, -0.15) is 0 Å². The molecule has 9 nitrogen and oxygen atoms in total. The summed E-state index contributed by atoms with van der Waals surface area (Å²) in [5.74, 6) is 0.678. The molecule has 2 aromatic carbocycles. The van der Waals surface area contributed by atoms with Crippen LogP contribution in [-0.2, 0) is 17.8 Å². The molecule has 38 heavy (non-hydrogen) atoms. The van der Waals surface area contributed by atoms with Crippen molar-refractivity contribution in [2.45, 2.75) is 32.4 Å². The summed E-state index contributed by atoms with van der Waals surface area (Å²) in [4.78, 5) is 24.3. The van der Waals surface area contributed by atoms with Crippen molar-refractivity contribution in [1.82, 2.24) is 29.5 Å². The number of rotatable bonds is 6. The molecule has 0 saturated heterocycles. The summed E-state index contributed by atoms with van der Waals surface area (Å²) in [7, 11) is 1.64. The lowest BCUT2D eigenvalue weighted by Crippen LogP contribution is -2.36. The Balaban J connectivity index is 1.31. The highest BCUT2D eigenvalue weighted by atomic mass is 16.5. The second kappa shape index (κ2) is 9.93. The van der Waals surface area contributed by atoms with Gasteiger partial charge in [0.2, 0.25) is 0 Å². The summed E-state index contributed by atoms with van der Waals surface area (Å²) in [5.41, 5.74) is 6.37. The molecule has 1 aliphatic heterocycles. The van der Waals surface area contributed by atoms with Crippen LogP contribution in [0.4, 0.5) is 5.69 Å². The van der Waals surface area contributed by atoms with Gasteiger partial charge in [-0.05, 0) is 55.2 Å². The van der Waals surface area contributed by atoms with Crippen molar-refractivity contribution in [2.24, 2.45) is 0 Å². The zero-order valence-electron chi connectivity index (χ0n) is 21.2. The summed E-state index contributed by atoms with van der Waals surface area (Å²) >= 11 is 0. The smallest absolute Gasteiger partial charge is 0.252 e. The highest BCUT2D eigenvalue weighted by molar-refractivity contribution is 5.97. The zero-order chi connectivity index (χ0) is 26.1. The maximum Gasteiger partial charge on any atom is 0.252 e. The lowest BCUT2D eigenvalue weighted by molar-refractivity contribution is -0.122. The van der Waals surface area contributed by atoms with Crippen LogP contribution in [0.1, 0.15) is 29.3 Å². The number of nitrogens with zero attached hydrogens (tertiary/aromatic N) is 7. The van der Waals surface area contributed by atoms with E-state index in [2.05, 4.69) is 26.3 Å². The Morgan fingerprint density at radius 2 is 1.95 bits per heavy atom. The third-order valence-corrected chi connectivity index (χ3v) is 6.88. The van der Waals surface area contributed by atoms with Gasteiger partial charge in [-0.1, -0.05) is 35.5 Å². The monoisotopic (exact) mass is 505 g/mol. The van der Waals surface area contributed by atoms with Gasteiger partial charge in [-0.25, -0.2) is 9.67 Å². The van der Waals surface area contributed by atoms with E-state index < -0.39 is 6.04 Å². The fourth-order valence-corrected chi connectivity index (χ4v) is 4.95. The van der Waals surface area contributed by atoms with Gasteiger partial charge in [0.1, 0.15) is 17.5 Å². The van der Waals surface area contributed by atoms with E-state index in [1.807, 2.05) is 77.3 Å². The van der Waals surface area contributed by atoms with Gasteiger partial charge < -0.3 is 14.2 Å². The van der Waals surface area contributed by atoms with E-state index in [4.69, 9.17) is 4.74 Å². The lowest BCUT2D eigenvalue weighted by atomic mass is 10.1. The summed E-state index contributed by atoms with van der Waals surface area (Å²) in [6.07, 6.45) is 10.5. The molecule has 0 saturated carbocycles. The number of methoxy groups -OCH3 is 1. The van der Waals surface area contributed by atoms with Crippen LogP contribution in [-0.4, -0.2) is 42.5 Å². The molecule has 0 radical (unpaired) electrons. The Morgan fingerprint density at radius 3 is 2.74 bits per heavy atom. The first kappa shape index (κ1) is 23.6. The molecular weight excluding hydrogens is 478 g/mol. The van der Waals surface area contributed by atoms with Crippen molar-refractivity contribution in [3.05, 3.63) is 103 Å². The van der Waals surface area contributed by atoms with Gasteiger partial charge in [-0.3, -0.25) is 9.78 Å². The molecule has 9 heteroatoms. The fourth-order valence-electron chi connectivity index (χ4n) is 4.95. The molecule has 0 N–H and O–H groups in total. The van der Waals surface area contributed by atoms with Crippen LogP contribution in [0.3, 0.4) is 0 Å². The summed E-state index contributed by atoms with van der Waals surface area (Å²) in [6.45, 7) is 2.38. The molecule has 0 aliphatic carbocycles. The largest absolute Gasteiger partial charge is 0.495 e. The molecule has 0 bridgehead atoms. The number of para-hydroxylation sites is 1. The van der Waals surface area contributed by atoms with E-state index in [1.54, 1.807) is 30.5 Å². The van der Waals surface area contributed by atoms with E-state index in [-0.39, 0.29) is 5.91 Å². The number of ether oxygens (including phenoxy) is 1. The van der Waals surface area contributed by atoms with Gasteiger partial charge in [0.15, 0.2) is 0 Å². The van der Waals surface area contributed by atoms with Gasteiger partial charge in [0.05, 0.1) is 37.6 Å². The average Bonchev–Trinajstić information content (AvgIpc) is 3.59. The quantitative estimate of drug-likeness (QED) is 0.336. The Labute approximate surface area is 220 Å². The Hall–Kier alpha value is -4.79. The van der Waals surface area contributed by atoms with Crippen molar-refractivity contribution < 1.29 is 9.53 Å². The number of benzene rings is 2. The third-order valence-electron chi connectivity index (χ3n) is 6.88. The van der Waals surface area contributed by atoms with Crippen LogP contribution < -0.4 is 9.64 Å². The van der Waals surface area contributed by atoms with Gasteiger partial charge in [0.25, 0.3) is 5.91 Å². The second-order valence-electron chi connectivity index (χ2n) is 9.36. The minimum Gasteiger partial charge on any atom is -0.495 e. The minimum atomic E-state index is -0.476. The van der Waals surface area contributed by atoms with E-state index in [0.29, 0.717) is 24.4 Å². The molecule has 4 heterocycles. The van der Waals surface area contributed by atoms with E-state index in [1.165, 1.54) is 0 Å². The zero-order valence-corrected chi connectivity index (χ0v) is 21.2. The first-order chi connectivity index (χ1) is 18.6. The van der Waals surface area contributed by atoms with Gasteiger partial charge in [-0.15, -0.1) is 5.10 Å². The number of pyridine rings is 1. The predicted molar refractivity (Wildman–Crippen MR) is 143 cm³/mol. The molecule has 0 fully saturated rings. The molecule has 1 unspecified atom stereocenters. The third kappa shape index (κ3) is 4.43. The number of fused-ring (bicyclic) bond motifs is 1. The van der Waals surface area contributed by atoms with Gasteiger partial charge >= 0.3 is 0 Å². The number of aromatic nitrogens is 6. The highest BCUT2D eigenvalue weighted by Gasteiger charge is 2.32. The number of aryl methyl sites for hydroxylation is 2. The standard InChI is InChI=1S/C29H27N7O2/c1-20-16-34(19-31-20)26-11-10-23(14-28(26)38-2)24-18-36(33-32-24)27-12-9-22-7-3-4-8-25(22)35(29(27)37)17-21-6-5-13-30-15-21/h3-8,10-11,13-16,18-19,27H,9,12,17H2,1-2H3. The minimum absolute atomic E-state index is 0.0151. The molecule has 190 valence electrons. The summed E-state index contributed by atoms with van der Waals surface area (Å²) in [6, 6.07) is 17.3. The molecule has 6 rings (SSSR count). The number of hydrogen-bond acceptors (Lipinski definition) is 6. The van der Waals surface area contributed by atoms with Crippen LogP contribution >= 0.6 is 0 Å². The SMILES string of the molecule is COc1cc(-c2cn(C3CCc4ccccc4N(Cc4cccnc4)C3=O)nn2)ccc1-n1cnc(C)c1. The summed E-state index contributed by atoms with van der Waals surface area (Å²) in [5, 5.41) is 8.83. The van der Waals surface area contributed by atoms with Crippen LogP contribution in [0, 0.1) is 6.92 Å². The maximum absolute atomic E-state index is 14.0. The van der Waals surface area contributed by atoms with Crippen LogP contribution in [0.5, 0.6) is 5.75 Å². The fraction of sp³-hybridized carbons (Fsp3) is 0.207. The normalized spacial score (nSPS) is 15.3. The number of carbonyl (C=O) groups excluding carboxylic acids is 1. The van der Waals surface area contributed by atoms with Crippen molar-refractivity contribution >= 4 is 11.6 Å². The topological polar surface area (TPSA) is 91.0 Å². The molecule has 1 aliphatic rings. The van der Waals surface area contributed by atoms with Crippen molar-refractivity contribution in [2.75, 3.05) is 12.0 Å². The predicted octanol–water partition coefficient (Wildman–Crippen LogP) is 4.56. The molecule has 1 atom stereocenters. The Kier molecular flexibility index (Phi) is 6.17. The first-order valence-corrected chi connectivity index (χ1v) is 12.5. The van der Waals surface area contributed by atoms with Crippen molar-refractivity contribution in [3.8, 4) is 22.7 Å². The van der Waals surface area contributed by atoms with Crippen LogP contribution in [0.25, 0.3) is 16.9 Å². The van der Waals surface area contributed by atoms with Crippen LogP contribution in [0.15, 0.2) is 85.7 Å². The first-order valence-electron chi connectivity index (χ1n) is 12.5. The number of imidazole rings is 1. The second-order valence-corrected chi connectivity index (χ2v) is 9.36. The average molecular weight is 506 g/mol. The Morgan fingerprint density at radius 1 is 1.05 bits per heavy atom. The number of amides is 1. The number of carbonyl (C=O) groups is 1. The van der Waals surface area contributed by atoms with E-state index in [9.17, 15) is 4.79 Å². The van der Waals surface area contributed by atoms with Crippen LogP contribution in [0.2, 0.25) is 0 Å². The highest BCUT2D eigenvalue weighted by Crippen LogP contribution is 2.34. The van der Waals surface area contributed by atoms with E-state index >= 15 is 0 Å².